The molecule has 0 radical (unpaired) electrons. The Morgan fingerprint density at radius 3 is 2.54 bits per heavy atom. The predicted octanol–water partition coefficient (Wildman–Crippen LogP) is 3.67. The smallest absolute Gasteiger partial charge is 0.352 e. The van der Waals surface area contributed by atoms with Gasteiger partial charge in [0.25, 0.3) is 5.91 Å². The molecule has 0 aliphatic carbocycles. The van der Waals surface area contributed by atoms with Crippen molar-refractivity contribution in [3.8, 4) is 11.3 Å². The number of aromatic nitrogens is 5. The number of ether oxygens (including phenoxy) is 1. The van der Waals surface area contributed by atoms with E-state index in [0.29, 0.717) is 18.1 Å². The molecule has 1 aliphatic heterocycles. The molecule has 4 rings (SSSR count). The normalized spacial score (nSPS) is 19.6. The van der Waals surface area contributed by atoms with Gasteiger partial charge in [-0.05, 0) is 19.9 Å². The number of carbonyl (C=O) groups is 1. The van der Waals surface area contributed by atoms with Gasteiger partial charge in [0.1, 0.15) is 12.4 Å². The SMILES string of the molecule is Cc1c(-c2cc(F)ccn2)c(C(=O)N2CC(F)(F)O[C@@H](C)[C@H]2CNc2ncc(C(F)(F)F)cn2)nn1C. The Hall–Kier alpha value is -3.75. The number of alkyl halides is 5. The molecule has 0 spiro atoms. The maximum absolute atomic E-state index is 14.4. The summed E-state index contributed by atoms with van der Waals surface area (Å²) in [5, 5.41) is 6.84. The van der Waals surface area contributed by atoms with Crippen molar-refractivity contribution >= 4 is 11.9 Å². The highest BCUT2D eigenvalue weighted by Gasteiger charge is 2.48. The van der Waals surface area contributed by atoms with Gasteiger partial charge in [-0.15, -0.1) is 0 Å². The van der Waals surface area contributed by atoms with E-state index in [-0.39, 0.29) is 29.4 Å². The molecule has 4 heterocycles. The highest BCUT2D eigenvalue weighted by molar-refractivity contribution is 5.99. The molecule has 9 nitrogen and oxygen atoms in total. The summed E-state index contributed by atoms with van der Waals surface area (Å²) in [7, 11) is 1.53. The highest BCUT2D eigenvalue weighted by atomic mass is 19.4. The predicted molar refractivity (Wildman–Crippen MR) is 117 cm³/mol. The van der Waals surface area contributed by atoms with Crippen molar-refractivity contribution in [2.45, 2.75) is 38.3 Å². The lowest BCUT2D eigenvalue weighted by Gasteiger charge is -2.43. The molecule has 15 heteroatoms. The van der Waals surface area contributed by atoms with E-state index in [1.807, 2.05) is 0 Å². The summed E-state index contributed by atoms with van der Waals surface area (Å²) in [4.78, 5) is 25.7. The Bertz CT molecular complexity index is 1300. The number of carbonyl (C=O) groups excluding carboxylic acids is 1. The van der Waals surface area contributed by atoms with Crippen LogP contribution in [0.5, 0.6) is 0 Å². The molecule has 3 aromatic heterocycles. The first-order chi connectivity index (χ1) is 17.3. The Morgan fingerprint density at radius 2 is 1.92 bits per heavy atom. The molecule has 2 atom stereocenters. The summed E-state index contributed by atoms with van der Waals surface area (Å²) in [6.45, 7) is 1.59. The van der Waals surface area contributed by atoms with E-state index in [4.69, 9.17) is 4.74 Å². The van der Waals surface area contributed by atoms with Crippen LogP contribution in [0.25, 0.3) is 11.3 Å². The number of hydrogen-bond donors (Lipinski definition) is 1. The van der Waals surface area contributed by atoms with Gasteiger partial charge in [-0.3, -0.25) is 14.5 Å². The van der Waals surface area contributed by atoms with Crippen LogP contribution < -0.4 is 5.32 Å². The first kappa shape index (κ1) is 26.3. The van der Waals surface area contributed by atoms with Crippen molar-refractivity contribution < 1.29 is 35.9 Å². The van der Waals surface area contributed by atoms with Crippen LogP contribution >= 0.6 is 0 Å². The minimum Gasteiger partial charge on any atom is -0.352 e. The summed E-state index contributed by atoms with van der Waals surface area (Å²) in [6, 6.07) is 1.19. The maximum Gasteiger partial charge on any atom is 0.419 e. The lowest BCUT2D eigenvalue weighted by atomic mass is 10.0. The van der Waals surface area contributed by atoms with Crippen molar-refractivity contribution in [2.24, 2.45) is 7.05 Å². The average Bonchev–Trinajstić information content (AvgIpc) is 3.11. The van der Waals surface area contributed by atoms with Gasteiger partial charge >= 0.3 is 12.3 Å². The lowest BCUT2D eigenvalue weighted by Crippen LogP contribution is -2.61. The van der Waals surface area contributed by atoms with Gasteiger partial charge in [0.15, 0.2) is 5.69 Å². The molecule has 1 N–H and O–H groups in total. The van der Waals surface area contributed by atoms with E-state index >= 15 is 0 Å². The second kappa shape index (κ2) is 9.61. The second-order valence-electron chi connectivity index (χ2n) is 8.43. The van der Waals surface area contributed by atoms with Crippen molar-refractivity contribution in [2.75, 3.05) is 18.4 Å². The van der Waals surface area contributed by atoms with Crippen LogP contribution in [0.2, 0.25) is 0 Å². The summed E-state index contributed by atoms with van der Waals surface area (Å²) in [6.07, 6.45) is -7.17. The average molecular weight is 529 g/mol. The van der Waals surface area contributed by atoms with Crippen LogP contribution in [0.1, 0.15) is 28.7 Å². The van der Waals surface area contributed by atoms with Gasteiger partial charge in [0, 0.05) is 43.9 Å². The molecular formula is C22H21F6N7O2. The second-order valence-corrected chi connectivity index (χ2v) is 8.43. The molecule has 0 saturated carbocycles. The molecule has 198 valence electrons. The number of nitrogens with zero attached hydrogens (tertiary/aromatic N) is 6. The van der Waals surface area contributed by atoms with E-state index in [2.05, 4.69) is 25.4 Å². The molecule has 0 aromatic carbocycles. The number of halogens is 6. The van der Waals surface area contributed by atoms with E-state index in [1.165, 1.54) is 24.9 Å². The van der Waals surface area contributed by atoms with Crippen LogP contribution in [0.3, 0.4) is 0 Å². The molecule has 1 aliphatic rings. The number of hydrogen-bond acceptors (Lipinski definition) is 7. The maximum atomic E-state index is 14.4. The van der Waals surface area contributed by atoms with Crippen LogP contribution in [0.4, 0.5) is 32.3 Å². The molecule has 3 aromatic rings. The Labute approximate surface area is 206 Å². The monoisotopic (exact) mass is 529 g/mol. The summed E-state index contributed by atoms with van der Waals surface area (Å²) >= 11 is 0. The van der Waals surface area contributed by atoms with Crippen LogP contribution in [0, 0.1) is 12.7 Å². The number of rotatable bonds is 5. The number of anilines is 1. The van der Waals surface area contributed by atoms with Crippen LogP contribution in [-0.2, 0) is 18.0 Å². The number of nitrogens with one attached hydrogen (secondary N) is 1. The molecule has 0 unspecified atom stereocenters. The van der Waals surface area contributed by atoms with Crippen LogP contribution in [0.15, 0.2) is 30.7 Å². The van der Waals surface area contributed by atoms with E-state index in [1.54, 1.807) is 6.92 Å². The number of aryl methyl sites for hydroxylation is 1. The molecule has 0 bridgehead atoms. The van der Waals surface area contributed by atoms with E-state index < -0.39 is 48.3 Å². The van der Waals surface area contributed by atoms with Crippen molar-refractivity contribution in [1.29, 1.82) is 0 Å². The fraction of sp³-hybridized carbons (Fsp3) is 0.409. The van der Waals surface area contributed by atoms with Gasteiger partial charge in [0.2, 0.25) is 5.95 Å². The van der Waals surface area contributed by atoms with E-state index in [0.717, 1.165) is 17.0 Å². The molecule has 37 heavy (non-hydrogen) atoms. The zero-order chi connectivity index (χ0) is 27.1. The molecular weight excluding hydrogens is 508 g/mol. The summed E-state index contributed by atoms with van der Waals surface area (Å²) < 4.78 is 87.1. The lowest BCUT2D eigenvalue weighted by molar-refractivity contribution is -0.298. The van der Waals surface area contributed by atoms with Crippen molar-refractivity contribution in [3.05, 3.63) is 53.5 Å². The summed E-state index contributed by atoms with van der Waals surface area (Å²) in [5.41, 5.74) is -0.573. The highest BCUT2D eigenvalue weighted by Crippen LogP contribution is 2.33. The Kier molecular flexibility index (Phi) is 6.83. The topological polar surface area (TPSA) is 98.1 Å². The van der Waals surface area contributed by atoms with Gasteiger partial charge in [0.05, 0.1) is 29.0 Å². The third-order valence-electron chi connectivity index (χ3n) is 5.88. The molecule has 1 amide bonds. The number of amides is 1. The third-order valence-corrected chi connectivity index (χ3v) is 5.88. The summed E-state index contributed by atoms with van der Waals surface area (Å²) in [5.74, 6) is -1.71. The largest absolute Gasteiger partial charge is 0.419 e. The van der Waals surface area contributed by atoms with Gasteiger partial charge in [-0.25, -0.2) is 14.4 Å². The molecule has 1 saturated heterocycles. The quantitative estimate of drug-likeness (QED) is 0.504. The van der Waals surface area contributed by atoms with Gasteiger partial charge in [-0.2, -0.15) is 27.1 Å². The number of pyridine rings is 1. The van der Waals surface area contributed by atoms with Gasteiger partial charge < -0.3 is 15.0 Å². The molecule has 1 fully saturated rings. The Balaban J connectivity index is 1.65. The van der Waals surface area contributed by atoms with Crippen molar-refractivity contribution in [3.63, 3.8) is 0 Å². The van der Waals surface area contributed by atoms with Crippen molar-refractivity contribution in [1.82, 2.24) is 29.6 Å². The fourth-order valence-corrected chi connectivity index (χ4v) is 3.96. The Morgan fingerprint density at radius 1 is 1.24 bits per heavy atom. The number of morpholine rings is 1. The zero-order valence-corrected chi connectivity index (χ0v) is 19.7. The van der Waals surface area contributed by atoms with Crippen LogP contribution in [-0.4, -0.2) is 66.9 Å². The first-order valence-electron chi connectivity index (χ1n) is 10.9. The van der Waals surface area contributed by atoms with E-state index in [9.17, 15) is 31.1 Å². The zero-order valence-electron chi connectivity index (χ0n) is 19.7. The van der Waals surface area contributed by atoms with Gasteiger partial charge in [-0.1, -0.05) is 0 Å². The standard InChI is InChI=1S/C22H21F6N7O2/c1-11-17(15-6-14(23)4-5-29-15)18(33-34(11)3)19(36)35-10-21(24,25)37-12(2)16(35)9-32-20-30-7-13(8-31-20)22(26,27)28/h4-8,12,16H,9-10H2,1-3H3,(H,30,31,32)/t12-,16+/m0/s1. The fourth-order valence-electron chi connectivity index (χ4n) is 3.96. The minimum absolute atomic E-state index is 0.0925. The third kappa shape index (κ3) is 5.50. The minimum atomic E-state index is -4.63. The first-order valence-corrected chi connectivity index (χ1v) is 10.9.